The normalized spacial score (nSPS) is 23.2. The number of amides is 4. The van der Waals surface area contributed by atoms with Gasteiger partial charge in [-0.3, -0.25) is 14.6 Å². The summed E-state index contributed by atoms with van der Waals surface area (Å²) in [6.45, 7) is 2.34. The molecule has 1 aromatic rings. The highest BCUT2D eigenvalue weighted by molar-refractivity contribution is 5.83. The van der Waals surface area contributed by atoms with Crippen molar-refractivity contribution in [2.24, 2.45) is 11.1 Å². The minimum absolute atomic E-state index is 0.0800. The molecule has 3 rings (SSSR count). The summed E-state index contributed by atoms with van der Waals surface area (Å²) >= 11 is 0. The molecule has 4 amide bonds. The van der Waals surface area contributed by atoms with E-state index in [9.17, 15) is 14.4 Å². The van der Waals surface area contributed by atoms with Crippen molar-refractivity contribution in [3.63, 3.8) is 0 Å². The number of urea groups is 1. The van der Waals surface area contributed by atoms with Crippen LogP contribution in [-0.2, 0) is 16.1 Å². The number of carbonyl (C=O) groups is 3. The van der Waals surface area contributed by atoms with E-state index in [0.717, 1.165) is 25.0 Å². The molecule has 3 N–H and O–H groups in total. The molecule has 2 aliphatic rings. The van der Waals surface area contributed by atoms with Gasteiger partial charge in [0.05, 0.1) is 18.8 Å². The number of hydrogen-bond donors (Lipinski definition) is 2. The van der Waals surface area contributed by atoms with Gasteiger partial charge in [0.15, 0.2) is 0 Å². The monoisotopic (exact) mass is 359 g/mol. The van der Waals surface area contributed by atoms with Gasteiger partial charge in [-0.05, 0) is 31.4 Å². The van der Waals surface area contributed by atoms with Crippen molar-refractivity contribution in [2.75, 3.05) is 26.2 Å². The maximum atomic E-state index is 12.4. The second-order valence-corrected chi connectivity index (χ2v) is 7.21. The Kier molecular flexibility index (Phi) is 5.39. The fraction of sp³-hybridized carbons (Fsp3) is 0.556. The summed E-state index contributed by atoms with van der Waals surface area (Å²) in [4.78, 5) is 43.5. The number of nitrogens with zero attached hydrogens (tertiary/aromatic N) is 3. The molecule has 0 aliphatic carbocycles. The van der Waals surface area contributed by atoms with Crippen molar-refractivity contribution in [3.05, 3.63) is 30.1 Å². The molecular formula is C18H25N5O3. The Bertz CT molecular complexity index is 681. The van der Waals surface area contributed by atoms with Crippen LogP contribution in [0, 0.1) is 5.41 Å². The van der Waals surface area contributed by atoms with E-state index in [1.807, 2.05) is 23.1 Å². The van der Waals surface area contributed by atoms with Crippen LogP contribution in [0.2, 0.25) is 0 Å². The number of primary amides is 1. The number of hydrogen-bond acceptors (Lipinski definition) is 4. The number of aromatic nitrogens is 1. The second-order valence-electron chi connectivity index (χ2n) is 7.21. The zero-order valence-electron chi connectivity index (χ0n) is 14.8. The topological polar surface area (TPSA) is 109 Å². The lowest BCUT2D eigenvalue weighted by Gasteiger charge is -2.48. The van der Waals surface area contributed by atoms with E-state index in [0.29, 0.717) is 32.6 Å². The molecule has 1 aromatic heterocycles. The molecule has 140 valence electrons. The van der Waals surface area contributed by atoms with E-state index in [-0.39, 0.29) is 23.8 Å². The zero-order chi connectivity index (χ0) is 18.6. The molecule has 0 radical (unpaired) electrons. The average molecular weight is 359 g/mol. The first-order chi connectivity index (χ1) is 12.5. The molecule has 8 nitrogen and oxygen atoms in total. The second kappa shape index (κ2) is 7.72. The van der Waals surface area contributed by atoms with Crippen LogP contribution in [-0.4, -0.2) is 58.8 Å². The molecule has 8 heteroatoms. The van der Waals surface area contributed by atoms with Gasteiger partial charge in [-0.1, -0.05) is 6.07 Å². The first-order valence-electron chi connectivity index (χ1n) is 8.96. The average Bonchev–Trinajstić information content (AvgIpc) is 2.64. The third kappa shape index (κ3) is 4.30. The number of rotatable bonds is 4. The minimum Gasteiger partial charge on any atom is -0.352 e. The lowest BCUT2D eigenvalue weighted by atomic mass is 9.73. The predicted molar refractivity (Wildman–Crippen MR) is 94.7 cm³/mol. The summed E-state index contributed by atoms with van der Waals surface area (Å²) in [5.74, 6) is 0.0103. The number of nitrogens with two attached hydrogens (primary N) is 1. The summed E-state index contributed by atoms with van der Waals surface area (Å²) in [7, 11) is 0. The largest absolute Gasteiger partial charge is 0.352 e. The number of likely N-dealkylation sites (tertiary alicyclic amines) is 2. The maximum absolute atomic E-state index is 12.4. The summed E-state index contributed by atoms with van der Waals surface area (Å²) in [6.07, 6.45) is 4.90. The smallest absolute Gasteiger partial charge is 0.312 e. The molecule has 1 spiro atoms. The van der Waals surface area contributed by atoms with Crippen LogP contribution in [0.1, 0.15) is 31.4 Å². The van der Waals surface area contributed by atoms with Crippen LogP contribution >= 0.6 is 0 Å². The molecule has 0 aromatic carbocycles. The van der Waals surface area contributed by atoms with E-state index in [1.165, 1.54) is 0 Å². The van der Waals surface area contributed by atoms with Crippen molar-refractivity contribution in [1.82, 2.24) is 20.1 Å². The number of piperidine rings is 2. The molecule has 26 heavy (non-hydrogen) atoms. The number of pyridine rings is 1. The third-order valence-electron chi connectivity index (χ3n) is 5.26. The Hall–Kier alpha value is -2.64. The van der Waals surface area contributed by atoms with Gasteiger partial charge in [0.1, 0.15) is 0 Å². The molecule has 1 atom stereocenters. The van der Waals surface area contributed by atoms with Crippen LogP contribution in [0.25, 0.3) is 0 Å². The van der Waals surface area contributed by atoms with Crippen LogP contribution in [0.4, 0.5) is 4.79 Å². The van der Waals surface area contributed by atoms with E-state index in [2.05, 4.69) is 10.3 Å². The molecular weight excluding hydrogens is 334 g/mol. The third-order valence-corrected chi connectivity index (χ3v) is 5.26. The quantitative estimate of drug-likeness (QED) is 0.815. The Morgan fingerprint density at radius 2 is 2.12 bits per heavy atom. The lowest BCUT2D eigenvalue weighted by Crippen LogP contribution is -2.56. The fourth-order valence-corrected chi connectivity index (χ4v) is 3.96. The molecule has 2 aliphatic heterocycles. The van der Waals surface area contributed by atoms with Crippen molar-refractivity contribution < 1.29 is 14.4 Å². The van der Waals surface area contributed by atoms with E-state index in [4.69, 9.17) is 5.73 Å². The van der Waals surface area contributed by atoms with Crippen molar-refractivity contribution in [1.29, 1.82) is 0 Å². The number of carbonyl (C=O) groups excluding carboxylic acids is 3. The van der Waals surface area contributed by atoms with Gasteiger partial charge in [0, 0.05) is 37.7 Å². The van der Waals surface area contributed by atoms with Gasteiger partial charge in [-0.2, -0.15) is 0 Å². The fourth-order valence-electron chi connectivity index (χ4n) is 3.96. The van der Waals surface area contributed by atoms with Gasteiger partial charge in [0.25, 0.3) is 0 Å². The predicted octanol–water partition coefficient (Wildman–Crippen LogP) is 0.481. The van der Waals surface area contributed by atoms with Gasteiger partial charge in [0.2, 0.25) is 11.8 Å². The van der Waals surface area contributed by atoms with Gasteiger partial charge >= 0.3 is 6.03 Å². The maximum Gasteiger partial charge on any atom is 0.312 e. The zero-order valence-corrected chi connectivity index (χ0v) is 14.8. The summed E-state index contributed by atoms with van der Waals surface area (Å²) in [5, 5.41) is 2.36. The van der Waals surface area contributed by atoms with Crippen LogP contribution < -0.4 is 11.1 Å². The Morgan fingerprint density at radius 1 is 1.27 bits per heavy atom. The lowest BCUT2D eigenvalue weighted by molar-refractivity contribution is -0.143. The summed E-state index contributed by atoms with van der Waals surface area (Å²) < 4.78 is 0. The van der Waals surface area contributed by atoms with E-state index in [1.54, 1.807) is 11.1 Å². The highest BCUT2D eigenvalue weighted by atomic mass is 16.2. The Labute approximate surface area is 152 Å². The number of nitrogens with one attached hydrogen (secondary N) is 1. The Morgan fingerprint density at radius 3 is 2.85 bits per heavy atom. The highest BCUT2D eigenvalue weighted by Crippen LogP contribution is 2.39. The van der Waals surface area contributed by atoms with Gasteiger partial charge < -0.3 is 20.9 Å². The van der Waals surface area contributed by atoms with Gasteiger partial charge in [-0.15, -0.1) is 0 Å². The Balaban J connectivity index is 1.65. The van der Waals surface area contributed by atoms with Crippen molar-refractivity contribution in [2.45, 2.75) is 32.2 Å². The molecule has 2 fully saturated rings. The summed E-state index contributed by atoms with van der Waals surface area (Å²) in [6, 6.07) is 4.99. The van der Waals surface area contributed by atoms with Crippen molar-refractivity contribution in [3.8, 4) is 0 Å². The van der Waals surface area contributed by atoms with Crippen LogP contribution in [0.5, 0.6) is 0 Å². The first kappa shape index (κ1) is 18.2. The highest BCUT2D eigenvalue weighted by Gasteiger charge is 2.42. The molecule has 3 heterocycles. The molecule has 0 saturated carbocycles. The SMILES string of the molecule is NC(=O)NCC(=O)N1CCC[C@]2(CCC(=O)N(Cc3ccccn3)C2)C1. The summed E-state index contributed by atoms with van der Waals surface area (Å²) in [5.41, 5.74) is 5.83. The van der Waals surface area contributed by atoms with Crippen LogP contribution in [0.15, 0.2) is 24.4 Å². The van der Waals surface area contributed by atoms with Crippen LogP contribution in [0.3, 0.4) is 0 Å². The van der Waals surface area contributed by atoms with E-state index >= 15 is 0 Å². The molecule has 0 unspecified atom stereocenters. The van der Waals surface area contributed by atoms with Gasteiger partial charge in [-0.25, -0.2) is 4.79 Å². The minimum atomic E-state index is -0.699. The standard InChI is InChI=1S/C18H25N5O3/c19-17(26)21-10-16(25)22-9-3-6-18(12-22)7-5-15(24)23(13-18)11-14-4-1-2-8-20-14/h1-2,4,8H,3,5-7,9-13H2,(H3,19,21,26)/t18-/m0/s1. The van der Waals surface area contributed by atoms with Crippen molar-refractivity contribution >= 4 is 17.8 Å². The first-order valence-corrected chi connectivity index (χ1v) is 8.96. The molecule has 2 saturated heterocycles. The molecule has 0 bridgehead atoms. The van der Waals surface area contributed by atoms with E-state index < -0.39 is 6.03 Å².